The largest absolute Gasteiger partial charge is 0.384 e. The third-order valence-electron chi connectivity index (χ3n) is 2.06. The lowest BCUT2D eigenvalue weighted by atomic mass is 10.1. The van der Waals surface area contributed by atoms with Crippen molar-refractivity contribution >= 4 is 0 Å². The van der Waals surface area contributed by atoms with E-state index in [1.165, 1.54) is 0 Å². The van der Waals surface area contributed by atoms with E-state index in [4.69, 9.17) is 10.2 Å². The van der Waals surface area contributed by atoms with Crippen molar-refractivity contribution in [1.29, 1.82) is 0 Å². The predicted molar refractivity (Wildman–Crippen MR) is 27.0 cm³/mol. The molecule has 1 saturated carbocycles. The zero-order chi connectivity index (χ0) is 12.5. The number of alkyl halides is 8. The molecule has 1 aliphatic carbocycles. The molecule has 0 saturated heterocycles. The van der Waals surface area contributed by atoms with E-state index < -0.39 is 29.5 Å². The minimum absolute atomic E-state index is 5.81. The molecule has 0 aromatic rings. The Labute approximate surface area is 76.1 Å². The molecule has 1 aliphatic rings. The molecule has 90 valence electrons. The standard InChI is InChI=1S/C5H2F8O2/c6-1(7)2(8,9)4(12,13)5(14,15)3(1,10)11/h14-15H. The average Bonchev–Trinajstić information content (AvgIpc) is 2.04. The van der Waals surface area contributed by atoms with Crippen LogP contribution in [-0.2, 0) is 0 Å². The van der Waals surface area contributed by atoms with Crippen LogP contribution in [0.5, 0.6) is 0 Å². The SMILES string of the molecule is OC1(O)C(F)(F)C(F)(F)C(F)(F)C1(F)F. The van der Waals surface area contributed by atoms with Gasteiger partial charge in [-0.2, -0.15) is 35.1 Å². The van der Waals surface area contributed by atoms with Crippen LogP contribution in [0.4, 0.5) is 35.1 Å². The van der Waals surface area contributed by atoms with Crippen molar-refractivity contribution in [1.82, 2.24) is 0 Å². The van der Waals surface area contributed by atoms with Crippen LogP contribution in [0.1, 0.15) is 0 Å². The lowest BCUT2D eigenvalue weighted by molar-refractivity contribution is -0.373. The van der Waals surface area contributed by atoms with Gasteiger partial charge in [0.1, 0.15) is 0 Å². The Balaban J connectivity index is 3.55. The molecule has 10 heteroatoms. The molecule has 1 rings (SSSR count). The second-order valence-corrected chi connectivity index (χ2v) is 2.97. The van der Waals surface area contributed by atoms with Gasteiger partial charge in [0.05, 0.1) is 0 Å². The van der Waals surface area contributed by atoms with Crippen molar-refractivity contribution in [3.8, 4) is 0 Å². The molecular formula is C5H2F8O2. The van der Waals surface area contributed by atoms with E-state index in [9.17, 15) is 35.1 Å². The first-order valence-corrected chi connectivity index (χ1v) is 3.21. The number of hydrogen-bond donors (Lipinski definition) is 2. The molecule has 0 spiro atoms. The minimum atomic E-state index is -6.56. The molecule has 0 aliphatic heterocycles. The van der Waals surface area contributed by atoms with Crippen molar-refractivity contribution < 1.29 is 45.3 Å². The first-order chi connectivity index (χ1) is 6.25. The van der Waals surface area contributed by atoms with E-state index in [0.717, 1.165) is 0 Å². The molecule has 0 aromatic carbocycles. The molecule has 2 nitrogen and oxygen atoms in total. The second kappa shape index (κ2) is 2.37. The third kappa shape index (κ3) is 0.876. The highest BCUT2D eigenvalue weighted by Crippen LogP contribution is 2.66. The predicted octanol–water partition coefficient (Wildman–Crippen LogP) is 1.22. The highest BCUT2D eigenvalue weighted by molar-refractivity contribution is 5.22. The Morgan fingerprint density at radius 1 is 0.467 bits per heavy atom. The summed E-state index contributed by atoms with van der Waals surface area (Å²) in [6, 6.07) is 0. The molecular weight excluding hydrogens is 244 g/mol. The molecule has 1 fully saturated rings. The maximum atomic E-state index is 12.3. The summed E-state index contributed by atoms with van der Waals surface area (Å²) in [5.74, 6) is -31.7. The Morgan fingerprint density at radius 3 is 0.733 bits per heavy atom. The summed E-state index contributed by atoms with van der Waals surface area (Å²) in [6.45, 7) is 0. The molecule has 0 radical (unpaired) electrons. The fourth-order valence-electron chi connectivity index (χ4n) is 1.03. The van der Waals surface area contributed by atoms with Crippen LogP contribution in [0.3, 0.4) is 0 Å². The molecule has 0 amide bonds. The highest BCUT2D eigenvalue weighted by atomic mass is 19.4. The van der Waals surface area contributed by atoms with Crippen molar-refractivity contribution in [2.24, 2.45) is 0 Å². The summed E-state index contributed by atoms with van der Waals surface area (Å²) in [4.78, 5) is 0. The molecule has 0 heterocycles. The summed E-state index contributed by atoms with van der Waals surface area (Å²) < 4.78 is 97.9. The molecule has 0 unspecified atom stereocenters. The molecule has 0 bridgehead atoms. The fraction of sp³-hybridized carbons (Fsp3) is 1.00. The Bertz CT molecular complexity index is 206. The Hall–Kier alpha value is -0.640. The van der Waals surface area contributed by atoms with Crippen LogP contribution in [0, 0.1) is 0 Å². The lowest BCUT2D eigenvalue weighted by Gasteiger charge is -2.27. The highest BCUT2D eigenvalue weighted by Gasteiger charge is 3.00. The Morgan fingerprint density at radius 2 is 0.667 bits per heavy atom. The number of hydrogen-bond acceptors (Lipinski definition) is 2. The van der Waals surface area contributed by atoms with Gasteiger partial charge in [-0.25, -0.2) is 0 Å². The smallest absolute Gasteiger partial charge is 0.356 e. The molecule has 0 atom stereocenters. The van der Waals surface area contributed by atoms with Gasteiger partial charge in [0, 0.05) is 0 Å². The van der Waals surface area contributed by atoms with Gasteiger partial charge >= 0.3 is 29.5 Å². The van der Waals surface area contributed by atoms with E-state index in [0.29, 0.717) is 0 Å². The molecule has 15 heavy (non-hydrogen) atoms. The van der Waals surface area contributed by atoms with Gasteiger partial charge in [-0.1, -0.05) is 0 Å². The summed E-state index contributed by atoms with van der Waals surface area (Å²) in [5, 5.41) is 16.0. The van der Waals surface area contributed by atoms with Gasteiger partial charge in [0.25, 0.3) is 0 Å². The topological polar surface area (TPSA) is 40.5 Å². The van der Waals surface area contributed by atoms with E-state index in [1.807, 2.05) is 0 Å². The quantitative estimate of drug-likeness (QED) is 0.498. The van der Waals surface area contributed by atoms with Gasteiger partial charge in [-0.15, -0.1) is 0 Å². The zero-order valence-corrected chi connectivity index (χ0v) is 6.42. The average molecular weight is 246 g/mol. The van der Waals surface area contributed by atoms with Gasteiger partial charge in [0.2, 0.25) is 0 Å². The Kier molecular flexibility index (Phi) is 1.96. The third-order valence-corrected chi connectivity index (χ3v) is 2.06. The van der Waals surface area contributed by atoms with Gasteiger partial charge in [-0.05, 0) is 0 Å². The van der Waals surface area contributed by atoms with Crippen LogP contribution >= 0.6 is 0 Å². The molecule has 0 aromatic heterocycles. The van der Waals surface area contributed by atoms with Gasteiger partial charge < -0.3 is 10.2 Å². The van der Waals surface area contributed by atoms with Crippen LogP contribution in [0.25, 0.3) is 0 Å². The maximum absolute atomic E-state index is 12.3. The molecule has 2 N–H and O–H groups in total. The fourth-order valence-corrected chi connectivity index (χ4v) is 1.03. The normalized spacial score (nSPS) is 34.0. The van der Waals surface area contributed by atoms with E-state index in [-0.39, 0.29) is 0 Å². The van der Waals surface area contributed by atoms with Crippen LogP contribution in [0.2, 0.25) is 0 Å². The summed E-state index contributed by atoms with van der Waals surface area (Å²) in [5.41, 5.74) is 0. The van der Waals surface area contributed by atoms with E-state index in [2.05, 4.69) is 0 Å². The van der Waals surface area contributed by atoms with Crippen LogP contribution in [0.15, 0.2) is 0 Å². The van der Waals surface area contributed by atoms with Crippen molar-refractivity contribution in [2.45, 2.75) is 29.5 Å². The first-order valence-electron chi connectivity index (χ1n) is 3.21. The van der Waals surface area contributed by atoms with Crippen molar-refractivity contribution in [3.05, 3.63) is 0 Å². The summed E-state index contributed by atoms with van der Waals surface area (Å²) in [6.07, 6.45) is 0. The maximum Gasteiger partial charge on any atom is 0.384 e. The number of halogens is 8. The van der Waals surface area contributed by atoms with Crippen molar-refractivity contribution in [3.63, 3.8) is 0 Å². The number of aliphatic hydroxyl groups is 2. The van der Waals surface area contributed by atoms with Crippen LogP contribution < -0.4 is 0 Å². The van der Waals surface area contributed by atoms with Crippen LogP contribution in [-0.4, -0.2) is 39.7 Å². The monoisotopic (exact) mass is 246 g/mol. The van der Waals surface area contributed by atoms with E-state index >= 15 is 0 Å². The zero-order valence-electron chi connectivity index (χ0n) is 6.42. The second-order valence-electron chi connectivity index (χ2n) is 2.97. The minimum Gasteiger partial charge on any atom is -0.356 e. The first kappa shape index (κ1) is 12.4. The van der Waals surface area contributed by atoms with Gasteiger partial charge in [0.15, 0.2) is 0 Å². The summed E-state index contributed by atoms with van der Waals surface area (Å²) >= 11 is 0. The summed E-state index contributed by atoms with van der Waals surface area (Å²) in [7, 11) is 0. The van der Waals surface area contributed by atoms with E-state index in [1.54, 1.807) is 0 Å². The number of rotatable bonds is 0. The van der Waals surface area contributed by atoms with Gasteiger partial charge in [-0.3, -0.25) is 0 Å². The lowest BCUT2D eigenvalue weighted by Crippen LogP contribution is -2.58. The van der Waals surface area contributed by atoms with Crippen molar-refractivity contribution in [2.75, 3.05) is 0 Å².